The molecule has 0 aliphatic heterocycles. The van der Waals surface area contributed by atoms with Gasteiger partial charge in [-0.05, 0) is 36.8 Å². The standard InChI is InChI=1S/C18H15ClN4O/c1-11-14(10-12-6-8-13(19)9-7-12)17(24)23(22-11)18-20-15-4-2-3-5-16(15)21-18/h2-9,22H,10H2,1H3,(H,20,21). The molecule has 0 saturated heterocycles. The van der Waals surface area contributed by atoms with Crippen molar-refractivity contribution in [3.05, 3.63) is 80.7 Å². The van der Waals surface area contributed by atoms with E-state index < -0.39 is 0 Å². The number of aromatic nitrogens is 4. The predicted molar refractivity (Wildman–Crippen MR) is 95.0 cm³/mol. The lowest BCUT2D eigenvalue weighted by molar-refractivity contribution is 0.790. The van der Waals surface area contributed by atoms with Crippen molar-refractivity contribution in [3.63, 3.8) is 0 Å². The molecule has 0 atom stereocenters. The van der Waals surface area contributed by atoms with E-state index in [4.69, 9.17) is 11.6 Å². The summed E-state index contributed by atoms with van der Waals surface area (Å²) in [6, 6.07) is 15.2. The van der Waals surface area contributed by atoms with Crippen LogP contribution in [0.2, 0.25) is 5.02 Å². The zero-order valence-corrected chi connectivity index (χ0v) is 13.8. The van der Waals surface area contributed by atoms with Crippen LogP contribution >= 0.6 is 11.6 Å². The number of para-hydroxylation sites is 2. The molecule has 0 fully saturated rings. The molecule has 0 amide bonds. The van der Waals surface area contributed by atoms with Crippen LogP contribution in [-0.2, 0) is 6.42 Å². The fraction of sp³-hybridized carbons (Fsp3) is 0.111. The average Bonchev–Trinajstić information content (AvgIpc) is 3.12. The molecule has 0 unspecified atom stereocenters. The van der Waals surface area contributed by atoms with Crippen molar-refractivity contribution in [2.75, 3.05) is 0 Å². The Balaban J connectivity index is 1.75. The average molecular weight is 339 g/mol. The summed E-state index contributed by atoms with van der Waals surface area (Å²) in [6.07, 6.45) is 0.547. The van der Waals surface area contributed by atoms with Gasteiger partial charge in [-0.2, -0.15) is 4.68 Å². The van der Waals surface area contributed by atoms with Crippen molar-refractivity contribution in [1.29, 1.82) is 0 Å². The van der Waals surface area contributed by atoms with Crippen molar-refractivity contribution in [1.82, 2.24) is 19.7 Å². The van der Waals surface area contributed by atoms with Crippen molar-refractivity contribution < 1.29 is 0 Å². The van der Waals surface area contributed by atoms with Gasteiger partial charge in [0.05, 0.1) is 11.0 Å². The van der Waals surface area contributed by atoms with Gasteiger partial charge in [0, 0.05) is 22.7 Å². The van der Waals surface area contributed by atoms with E-state index >= 15 is 0 Å². The number of aromatic amines is 2. The highest BCUT2D eigenvalue weighted by atomic mass is 35.5. The number of fused-ring (bicyclic) bond motifs is 1. The Labute approximate surface area is 142 Å². The lowest BCUT2D eigenvalue weighted by Gasteiger charge is -1.99. The van der Waals surface area contributed by atoms with Crippen LogP contribution in [0.1, 0.15) is 16.8 Å². The van der Waals surface area contributed by atoms with Crippen molar-refractivity contribution in [2.24, 2.45) is 0 Å². The molecule has 0 aliphatic rings. The number of hydrogen-bond acceptors (Lipinski definition) is 2. The third-order valence-corrected chi connectivity index (χ3v) is 4.33. The number of nitrogens with zero attached hydrogens (tertiary/aromatic N) is 2. The second kappa shape index (κ2) is 5.69. The van der Waals surface area contributed by atoms with Crippen molar-refractivity contribution in [3.8, 4) is 5.95 Å². The number of aryl methyl sites for hydroxylation is 1. The first kappa shape index (κ1) is 14.8. The molecule has 2 aromatic heterocycles. The molecule has 120 valence electrons. The first-order valence-electron chi connectivity index (χ1n) is 7.62. The molecule has 24 heavy (non-hydrogen) atoms. The minimum Gasteiger partial charge on any atom is -0.322 e. The molecule has 5 nitrogen and oxygen atoms in total. The van der Waals surface area contributed by atoms with Crippen molar-refractivity contribution in [2.45, 2.75) is 13.3 Å². The number of halogens is 1. The van der Waals surface area contributed by atoms with Gasteiger partial charge in [0.15, 0.2) is 0 Å². The first-order chi connectivity index (χ1) is 11.6. The van der Waals surface area contributed by atoms with Crippen LogP contribution in [0.4, 0.5) is 0 Å². The second-order valence-corrected chi connectivity index (χ2v) is 6.17. The highest BCUT2D eigenvalue weighted by Crippen LogP contribution is 2.15. The number of nitrogens with one attached hydrogen (secondary N) is 2. The molecule has 4 rings (SSSR count). The van der Waals surface area contributed by atoms with E-state index in [0.717, 1.165) is 27.9 Å². The van der Waals surface area contributed by atoms with E-state index in [1.54, 1.807) is 0 Å². The Kier molecular flexibility index (Phi) is 3.50. The number of benzene rings is 2. The summed E-state index contributed by atoms with van der Waals surface area (Å²) in [5.74, 6) is 0.492. The smallest absolute Gasteiger partial charge is 0.277 e. The van der Waals surface area contributed by atoms with Gasteiger partial charge in [-0.3, -0.25) is 9.89 Å². The minimum absolute atomic E-state index is 0.0958. The van der Waals surface area contributed by atoms with Gasteiger partial charge in [-0.15, -0.1) is 0 Å². The van der Waals surface area contributed by atoms with Gasteiger partial charge < -0.3 is 4.98 Å². The lowest BCUT2D eigenvalue weighted by atomic mass is 10.1. The lowest BCUT2D eigenvalue weighted by Crippen LogP contribution is -2.18. The van der Waals surface area contributed by atoms with Crippen LogP contribution in [-0.4, -0.2) is 19.7 Å². The summed E-state index contributed by atoms with van der Waals surface area (Å²) >= 11 is 5.92. The third kappa shape index (κ3) is 2.53. The molecule has 2 aromatic carbocycles. The quantitative estimate of drug-likeness (QED) is 0.599. The maximum Gasteiger partial charge on any atom is 0.277 e. The van der Waals surface area contributed by atoms with Crippen LogP contribution < -0.4 is 5.56 Å². The van der Waals surface area contributed by atoms with E-state index in [-0.39, 0.29) is 5.56 Å². The molecule has 6 heteroatoms. The van der Waals surface area contributed by atoms with E-state index in [2.05, 4.69) is 15.1 Å². The summed E-state index contributed by atoms with van der Waals surface area (Å²) in [7, 11) is 0. The van der Waals surface area contributed by atoms with Gasteiger partial charge in [0.1, 0.15) is 0 Å². The fourth-order valence-electron chi connectivity index (χ4n) is 2.79. The Morgan fingerprint density at radius 3 is 2.62 bits per heavy atom. The van der Waals surface area contributed by atoms with E-state index in [9.17, 15) is 4.79 Å². The fourth-order valence-corrected chi connectivity index (χ4v) is 2.92. The van der Waals surface area contributed by atoms with E-state index in [1.807, 2.05) is 55.5 Å². The summed E-state index contributed by atoms with van der Waals surface area (Å²) in [5.41, 5.74) is 4.21. The Bertz CT molecular complexity index is 1040. The molecular formula is C18H15ClN4O. The first-order valence-corrected chi connectivity index (χ1v) is 7.99. The maximum atomic E-state index is 12.8. The summed E-state index contributed by atoms with van der Waals surface area (Å²) < 4.78 is 1.46. The van der Waals surface area contributed by atoms with Gasteiger partial charge in [-0.25, -0.2) is 4.98 Å². The van der Waals surface area contributed by atoms with E-state index in [1.165, 1.54) is 4.68 Å². The molecule has 0 radical (unpaired) electrons. The molecule has 0 saturated carbocycles. The minimum atomic E-state index is -0.0958. The number of rotatable bonds is 3. The SMILES string of the molecule is Cc1[nH]n(-c2nc3ccccc3[nH]2)c(=O)c1Cc1ccc(Cl)cc1. The largest absolute Gasteiger partial charge is 0.322 e. The maximum absolute atomic E-state index is 12.8. The molecule has 0 bridgehead atoms. The summed E-state index contributed by atoms with van der Waals surface area (Å²) in [4.78, 5) is 20.4. The van der Waals surface area contributed by atoms with Gasteiger partial charge >= 0.3 is 0 Å². The molecule has 0 spiro atoms. The Morgan fingerprint density at radius 1 is 1.12 bits per heavy atom. The summed E-state index contributed by atoms with van der Waals surface area (Å²) in [5, 5.41) is 3.79. The third-order valence-electron chi connectivity index (χ3n) is 4.08. The highest BCUT2D eigenvalue weighted by molar-refractivity contribution is 6.30. The zero-order chi connectivity index (χ0) is 16.7. The zero-order valence-electron chi connectivity index (χ0n) is 13.0. The van der Waals surface area contributed by atoms with Crippen LogP contribution in [0.25, 0.3) is 17.0 Å². The second-order valence-electron chi connectivity index (χ2n) is 5.74. The Hall–Kier alpha value is -2.79. The molecule has 0 aliphatic carbocycles. The van der Waals surface area contributed by atoms with Crippen molar-refractivity contribution >= 4 is 22.6 Å². The number of imidazole rings is 1. The number of H-pyrrole nitrogens is 2. The van der Waals surface area contributed by atoms with Gasteiger partial charge in [0.2, 0.25) is 5.95 Å². The van der Waals surface area contributed by atoms with Crippen LogP contribution in [0.5, 0.6) is 0 Å². The molecular weight excluding hydrogens is 324 g/mol. The molecule has 2 heterocycles. The Morgan fingerprint density at radius 2 is 1.88 bits per heavy atom. The van der Waals surface area contributed by atoms with E-state index in [0.29, 0.717) is 17.4 Å². The van der Waals surface area contributed by atoms with Gasteiger partial charge in [-0.1, -0.05) is 35.9 Å². The molecule has 4 aromatic rings. The number of hydrogen-bond donors (Lipinski definition) is 2. The highest BCUT2D eigenvalue weighted by Gasteiger charge is 2.15. The van der Waals surface area contributed by atoms with Crippen LogP contribution in [0.3, 0.4) is 0 Å². The monoisotopic (exact) mass is 338 g/mol. The normalized spacial score (nSPS) is 11.2. The summed E-state index contributed by atoms with van der Waals surface area (Å²) in [6.45, 7) is 1.89. The van der Waals surface area contributed by atoms with Gasteiger partial charge in [0.25, 0.3) is 5.56 Å². The van der Waals surface area contributed by atoms with Crippen LogP contribution in [0.15, 0.2) is 53.3 Å². The topological polar surface area (TPSA) is 66.5 Å². The molecule has 2 N–H and O–H groups in total. The van der Waals surface area contributed by atoms with Crippen LogP contribution in [0, 0.1) is 6.92 Å². The predicted octanol–water partition coefficient (Wildman–Crippen LogP) is 3.59.